The third-order valence-corrected chi connectivity index (χ3v) is 3.23. The summed E-state index contributed by atoms with van der Waals surface area (Å²) in [5.74, 6) is -0.0137. The molecule has 5 nitrogen and oxygen atoms in total. The molecule has 0 aromatic carbocycles. The normalized spacial score (nSPS) is 9.56. The van der Waals surface area contributed by atoms with Gasteiger partial charge in [-0.05, 0) is 6.07 Å². The van der Waals surface area contributed by atoms with Crippen molar-refractivity contribution < 1.29 is 13.9 Å². The zero-order valence-corrected chi connectivity index (χ0v) is 11.0. The van der Waals surface area contributed by atoms with Crippen LogP contribution in [-0.2, 0) is 6.54 Å². The molecule has 0 bridgehead atoms. The van der Waals surface area contributed by atoms with Gasteiger partial charge in [-0.15, -0.1) is 0 Å². The largest absolute Gasteiger partial charge is 0.481 e. The van der Waals surface area contributed by atoms with E-state index in [1.165, 1.54) is 24.7 Å². The predicted molar refractivity (Wildman–Crippen MR) is 67.7 cm³/mol. The summed E-state index contributed by atoms with van der Waals surface area (Å²) in [4.78, 5) is 14.1. The number of nitrogens with two attached hydrogens (primary N) is 1. The zero-order valence-electron chi connectivity index (χ0n) is 9.44. The first-order valence-corrected chi connectivity index (χ1v) is 5.98. The van der Waals surface area contributed by atoms with E-state index >= 15 is 0 Å². The average molecular weight is 292 g/mol. The SMILES string of the molecule is COc1ncc(F)cc1CN.O=Cc1s[nH]c1Cl. The summed E-state index contributed by atoms with van der Waals surface area (Å²) in [6, 6.07) is 1.31. The van der Waals surface area contributed by atoms with Crippen molar-refractivity contribution in [2.45, 2.75) is 6.54 Å². The van der Waals surface area contributed by atoms with Crippen molar-refractivity contribution >= 4 is 29.4 Å². The highest BCUT2D eigenvalue weighted by atomic mass is 35.5. The van der Waals surface area contributed by atoms with Crippen LogP contribution in [0, 0.1) is 5.82 Å². The molecule has 2 aromatic rings. The lowest BCUT2D eigenvalue weighted by atomic mass is 10.3. The number of carbonyl (C=O) groups excluding carboxylic acids is 1. The van der Waals surface area contributed by atoms with E-state index in [1.54, 1.807) is 0 Å². The van der Waals surface area contributed by atoms with Crippen molar-refractivity contribution in [1.29, 1.82) is 0 Å². The molecule has 98 valence electrons. The van der Waals surface area contributed by atoms with Crippen molar-refractivity contribution in [2.75, 3.05) is 7.11 Å². The lowest BCUT2D eigenvalue weighted by Gasteiger charge is -2.03. The van der Waals surface area contributed by atoms with Crippen LogP contribution in [0.4, 0.5) is 4.39 Å². The van der Waals surface area contributed by atoms with Gasteiger partial charge in [0.15, 0.2) is 6.29 Å². The van der Waals surface area contributed by atoms with E-state index in [-0.39, 0.29) is 6.54 Å². The first-order valence-electron chi connectivity index (χ1n) is 4.78. The fraction of sp³-hybridized carbons (Fsp3) is 0.200. The van der Waals surface area contributed by atoms with Crippen molar-refractivity contribution in [2.24, 2.45) is 5.73 Å². The Labute approximate surface area is 112 Å². The van der Waals surface area contributed by atoms with Crippen LogP contribution in [0.3, 0.4) is 0 Å². The van der Waals surface area contributed by atoms with Gasteiger partial charge in [-0.3, -0.25) is 9.17 Å². The fourth-order valence-corrected chi connectivity index (χ4v) is 1.64. The van der Waals surface area contributed by atoms with E-state index in [9.17, 15) is 9.18 Å². The van der Waals surface area contributed by atoms with Crippen LogP contribution in [-0.4, -0.2) is 22.8 Å². The first-order chi connectivity index (χ1) is 8.62. The van der Waals surface area contributed by atoms with Crippen LogP contribution in [0.2, 0.25) is 5.15 Å². The number of nitrogens with one attached hydrogen (secondary N) is 1. The number of rotatable bonds is 3. The molecule has 3 N–H and O–H groups in total. The van der Waals surface area contributed by atoms with Crippen molar-refractivity contribution in [3.8, 4) is 5.88 Å². The van der Waals surface area contributed by atoms with Crippen molar-refractivity contribution in [3.05, 3.63) is 33.7 Å². The minimum absolute atomic E-state index is 0.230. The quantitative estimate of drug-likeness (QED) is 0.850. The third-order valence-electron chi connectivity index (χ3n) is 1.88. The van der Waals surface area contributed by atoms with E-state index in [0.717, 1.165) is 12.5 Å². The van der Waals surface area contributed by atoms with Gasteiger partial charge in [0.25, 0.3) is 0 Å². The van der Waals surface area contributed by atoms with Gasteiger partial charge in [-0.25, -0.2) is 9.37 Å². The molecule has 2 heterocycles. The molecule has 0 saturated carbocycles. The maximum Gasteiger partial charge on any atom is 0.217 e. The minimum atomic E-state index is -0.397. The topological polar surface area (TPSA) is 81.0 Å². The Morgan fingerprint density at radius 1 is 1.72 bits per heavy atom. The standard InChI is InChI=1S/C7H9FN2O.C3H2ClNOS/c1-11-7-5(3-9)2-6(8)4-10-7;4-3-2(1-6)7-5-3/h2,4H,3,9H2,1H3;1,5H. The molecule has 0 amide bonds. The van der Waals surface area contributed by atoms with E-state index in [0.29, 0.717) is 21.5 Å². The van der Waals surface area contributed by atoms with Crippen LogP contribution in [0.1, 0.15) is 15.2 Å². The molecule has 8 heteroatoms. The predicted octanol–water partition coefficient (Wildman–Crippen LogP) is 2.23. The van der Waals surface area contributed by atoms with E-state index in [4.69, 9.17) is 22.1 Å². The van der Waals surface area contributed by atoms with Gasteiger partial charge < -0.3 is 10.5 Å². The fourth-order valence-electron chi connectivity index (χ4n) is 1.02. The molecule has 0 radical (unpaired) electrons. The van der Waals surface area contributed by atoms with Crippen molar-refractivity contribution in [1.82, 2.24) is 9.36 Å². The number of H-pyrrole nitrogens is 1. The summed E-state index contributed by atoms with van der Waals surface area (Å²) in [5, 5.41) is 0.458. The number of nitrogens with zero attached hydrogens (tertiary/aromatic N) is 1. The lowest BCUT2D eigenvalue weighted by molar-refractivity contribution is 0.112. The number of pyridine rings is 1. The molecule has 2 rings (SSSR count). The Morgan fingerprint density at radius 3 is 2.78 bits per heavy atom. The second-order valence-electron chi connectivity index (χ2n) is 3.03. The monoisotopic (exact) mass is 291 g/mol. The van der Waals surface area contributed by atoms with Crippen LogP contribution < -0.4 is 10.5 Å². The minimum Gasteiger partial charge on any atom is -0.481 e. The molecular weight excluding hydrogens is 281 g/mol. The summed E-state index contributed by atoms with van der Waals surface area (Å²) in [5.41, 5.74) is 5.88. The van der Waals surface area contributed by atoms with E-state index < -0.39 is 5.82 Å². The summed E-state index contributed by atoms with van der Waals surface area (Å²) >= 11 is 6.57. The second kappa shape index (κ2) is 7.10. The first kappa shape index (κ1) is 14.6. The lowest BCUT2D eigenvalue weighted by Crippen LogP contribution is -2.02. The Bertz CT molecular complexity index is 515. The van der Waals surface area contributed by atoms with Gasteiger partial charge in [0.05, 0.1) is 13.3 Å². The number of halogens is 2. The molecule has 0 spiro atoms. The third kappa shape index (κ3) is 3.80. The van der Waals surface area contributed by atoms with Crippen LogP contribution in [0.5, 0.6) is 5.88 Å². The number of ether oxygens (including phenoxy) is 1. The summed E-state index contributed by atoms with van der Waals surface area (Å²) in [6.07, 6.45) is 1.82. The molecule has 0 aliphatic heterocycles. The second-order valence-corrected chi connectivity index (χ2v) is 4.25. The number of aldehydes is 1. The summed E-state index contributed by atoms with van der Waals surface area (Å²) < 4.78 is 20.0. The molecule has 0 aliphatic carbocycles. The van der Waals surface area contributed by atoms with Gasteiger partial charge >= 0.3 is 0 Å². The van der Waals surface area contributed by atoms with Gasteiger partial charge in [0, 0.05) is 12.1 Å². The molecular formula is C10H11ClFN3O2S. The number of hydrogen-bond acceptors (Lipinski definition) is 5. The smallest absolute Gasteiger partial charge is 0.217 e. The Morgan fingerprint density at radius 2 is 2.44 bits per heavy atom. The highest BCUT2D eigenvalue weighted by Gasteiger charge is 2.02. The van der Waals surface area contributed by atoms with Crippen LogP contribution in [0.15, 0.2) is 12.3 Å². The molecule has 2 aromatic heterocycles. The number of aromatic nitrogens is 2. The van der Waals surface area contributed by atoms with Gasteiger partial charge in [0.2, 0.25) is 5.88 Å². The van der Waals surface area contributed by atoms with Gasteiger partial charge in [-0.2, -0.15) is 0 Å². The Balaban J connectivity index is 0.000000199. The number of hydrogen-bond donors (Lipinski definition) is 2. The Hall–Kier alpha value is -1.44. The van der Waals surface area contributed by atoms with Gasteiger partial charge in [-0.1, -0.05) is 23.1 Å². The van der Waals surface area contributed by atoms with Crippen LogP contribution >= 0.6 is 23.1 Å². The molecule has 0 atom stereocenters. The molecule has 0 unspecified atom stereocenters. The molecule has 0 saturated heterocycles. The molecule has 18 heavy (non-hydrogen) atoms. The average Bonchev–Trinajstić information content (AvgIpc) is 2.38. The number of carbonyl (C=O) groups is 1. The van der Waals surface area contributed by atoms with Gasteiger partial charge in [0.1, 0.15) is 15.8 Å². The van der Waals surface area contributed by atoms with Crippen LogP contribution in [0.25, 0.3) is 0 Å². The Kier molecular flexibility index (Phi) is 5.76. The summed E-state index contributed by atoms with van der Waals surface area (Å²) in [7, 11) is 1.47. The zero-order chi connectivity index (χ0) is 13.5. The maximum absolute atomic E-state index is 12.5. The highest BCUT2D eigenvalue weighted by molar-refractivity contribution is 7.10. The number of methoxy groups -OCH3 is 1. The summed E-state index contributed by atoms with van der Waals surface area (Å²) in [6.45, 7) is 0.230. The van der Waals surface area contributed by atoms with E-state index in [1.807, 2.05) is 0 Å². The molecule has 0 fully saturated rings. The maximum atomic E-state index is 12.5. The molecule has 0 aliphatic rings. The van der Waals surface area contributed by atoms with Crippen molar-refractivity contribution in [3.63, 3.8) is 0 Å². The van der Waals surface area contributed by atoms with E-state index in [2.05, 4.69) is 9.36 Å². The highest BCUT2D eigenvalue weighted by Crippen LogP contribution is 2.17. The number of aromatic amines is 1.